The van der Waals surface area contributed by atoms with Crippen LogP contribution in [0.3, 0.4) is 0 Å². The van der Waals surface area contributed by atoms with Gasteiger partial charge in [-0.1, -0.05) is 87.9 Å². The summed E-state index contributed by atoms with van der Waals surface area (Å²) in [5.41, 5.74) is 2.06. The maximum absolute atomic E-state index is 13.7. The van der Waals surface area contributed by atoms with Gasteiger partial charge < -0.3 is 0 Å². The number of thioether (sulfide) groups is 1. The second kappa shape index (κ2) is 14.3. The van der Waals surface area contributed by atoms with Gasteiger partial charge in [-0.25, -0.2) is 13.1 Å². The van der Waals surface area contributed by atoms with E-state index in [2.05, 4.69) is 15.9 Å². The first-order chi connectivity index (χ1) is 22.7. The molecular weight excluding hydrogens is 768 g/mol. The SMILES string of the molecule is O=C(NS(=O)(=O)c1ccc(Cl)c([N+](=O)[O-])c1)[C@H](Cc1ccc(Br)cc1)N1C(=O)/C(=C/c2ccc(-c3ccc([N+](=O)[O-])cc3)cc2)SC1=S. The van der Waals surface area contributed by atoms with Gasteiger partial charge in [0.2, 0.25) is 0 Å². The molecule has 244 valence electrons. The molecule has 0 radical (unpaired) electrons. The Hall–Kier alpha value is -4.48. The molecule has 1 aliphatic heterocycles. The molecule has 2 amide bonds. The number of thiocarbonyl (C=S) groups is 1. The van der Waals surface area contributed by atoms with Gasteiger partial charge in [-0.2, -0.15) is 0 Å². The lowest BCUT2D eigenvalue weighted by atomic mass is 10.0. The largest absolute Gasteiger partial charge is 0.289 e. The first-order valence-corrected chi connectivity index (χ1v) is 17.5. The molecule has 1 N–H and O–H groups in total. The smallest absolute Gasteiger partial charge is 0.280 e. The number of carbonyl (C=O) groups is 2. The second-order valence-corrected chi connectivity index (χ2v) is 14.8. The molecule has 17 heteroatoms. The summed E-state index contributed by atoms with van der Waals surface area (Å²) in [5, 5.41) is 22.0. The topological polar surface area (TPSA) is 170 Å². The van der Waals surface area contributed by atoms with Crippen molar-refractivity contribution in [2.75, 3.05) is 0 Å². The molecule has 0 aromatic heterocycles. The number of rotatable bonds is 10. The highest BCUT2D eigenvalue weighted by Crippen LogP contribution is 2.36. The number of hydrogen-bond donors (Lipinski definition) is 1. The zero-order chi connectivity index (χ0) is 34.7. The number of carbonyl (C=O) groups excluding carboxylic acids is 2. The lowest BCUT2D eigenvalue weighted by Crippen LogP contribution is -2.51. The van der Waals surface area contributed by atoms with E-state index in [0.717, 1.165) is 50.5 Å². The van der Waals surface area contributed by atoms with Crippen LogP contribution in [-0.2, 0) is 26.0 Å². The van der Waals surface area contributed by atoms with E-state index in [1.54, 1.807) is 66.7 Å². The quantitative estimate of drug-likeness (QED) is 0.0772. The average Bonchev–Trinajstić information content (AvgIpc) is 3.32. The van der Waals surface area contributed by atoms with Gasteiger partial charge in [-0.15, -0.1) is 0 Å². The molecule has 5 rings (SSSR count). The van der Waals surface area contributed by atoms with E-state index in [0.29, 0.717) is 11.1 Å². The molecule has 0 bridgehead atoms. The lowest BCUT2D eigenvalue weighted by Gasteiger charge is -2.26. The normalized spacial score (nSPS) is 14.6. The van der Waals surface area contributed by atoms with Gasteiger partial charge in [-0.05, 0) is 64.7 Å². The first-order valence-electron chi connectivity index (χ1n) is 13.6. The molecule has 48 heavy (non-hydrogen) atoms. The highest BCUT2D eigenvalue weighted by Gasteiger charge is 2.41. The second-order valence-electron chi connectivity index (χ2n) is 10.2. The van der Waals surface area contributed by atoms with Crippen molar-refractivity contribution in [1.29, 1.82) is 0 Å². The molecule has 4 aromatic carbocycles. The Morgan fingerprint density at radius 3 is 2.15 bits per heavy atom. The molecular formula is C31H20BrClN4O8S3. The van der Waals surface area contributed by atoms with E-state index in [-0.39, 0.29) is 26.4 Å². The Bertz CT molecular complexity index is 2110. The molecule has 1 atom stereocenters. The third-order valence-electron chi connectivity index (χ3n) is 7.06. The summed E-state index contributed by atoms with van der Waals surface area (Å²) in [6, 6.07) is 21.3. The van der Waals surface area contributed by atoms with Gasteiger partial charge in [0.05, 0.1) is 19.6 Å². The maximum atomic E-state index is 13.7. The number of halogens is 2. The molecule has 0 unspecified atom stereocenters. The van der Waals surface area contributed by atoms with Crippen LogP contribution in [0.2, 0.25) is 5.02 Å². The number of nitro groups is 2. The van der Waals surface area contributed by atoms with E-state index in [1.165, 1.54) is 12.1 Å². The highest BCUT2D eigenvalue weighted by molar-refractivity contribution is 9.10. The van der Waals surface area contributed by atoms with Gasteiger partial charge >= 0.3 is 0 Å². The van der Waals surface area contributed by atoms with Gasteiger partial charge in [-0.3, -0.25) is 34.7 Å². The Kier molecular flexibility index (Phi) is 10.4. The van der Waals surface area contributed by atoms with Crippen molar-refractivity contribution in [3.05, 3.63) is 137 Å². The molecule has 1 heterocycles. The monoisotopic (exact) mass is 786 g/mol. The van der Waals surface area contributed by atoms with Gasteiger partial charge in [0.1, 0.15) is 15.4 Å². The first kappa shape index (κ1) is 34.8. The van der Waals surface area contributed by atoms with Gasteiger partial charge in [0, 0.05) is 29.1 Å². The van der Waals surface area contributed by atoms with Crippen LogP contribution in [0.15, 0.2) is 105 Å². The minimum atomic E-state index is -4.64. The van der Waals surface area contributed by atoms with E-state index >= 15 is 0 Å². The number of benzene rings is 4. The average molecular weight is 788 g/mol. The van der Waals surface area contributed by atoms with Crippen molar-refractivity contribution in [2.24, 2.45) is 0 Å². The standard InChI is InChI=1S/C31H20BrClN4O8S3/c32-22-9-3-18(4-10-22)15-27(29(38)34-48(44,45)24-13-14-25(33)26(17-24)37(42)43)35-30(39)28(47-31(35)46)16-19-1-5-20(6-2-19)21-7-11-23(12-8-21)36(40)41/h1-14,16-17,27H,15H2,(H,34,38)/b28-16-/t27-/m0/s1. The summed E-state index contributed by atoms with van der Waals surface area (Å²) in [4.78, 5) is 49.0. The third kappa shape index (κ3) is 7.79. The van der Waals surface area contributed by atoms with Crippen LogP contribution in [0.4, 0.5) is 11.4 Å². The van der Waals surface area contributed by atoms with Crippen molar-refractivity contribution in [3.8, 4) is 11.1 Å². The number of nitrogens with one attached hydrogen (secondary N) is 1. The zero-order valence-corrected chi connectivity index (χ0v) is 28.9. The fourth-order valence-corrected chi connectivity index (χ4v) is 7.49. The summed E-state index contributed by atoms with van der Waals surface area (Å²) in [6.45, 7) is 0. The van der Waals surface area contributed by atoms with Crippen molar-refractivity contribution < 1.29 is 27.9 Å². The summed E-state index contributed by atoms with van der Waals surface area (Å²) in [6.07, 6.45) is 1.47. The number of nitrogens with zero attached hydrogens (tertiary/aromatic N) is 3. The fourth-order valence-electron chi connectivity index (χ4n) is 4.65. The van der Waals surface area contributed by atoms with Gasteiger partial charge in [0.25, 0.3) is 33.2 Å². The van der Waals surface area contributed by atoms with E-state index in [4.69, 9.17) is 23.8 Å². The predicted octanol–water partition coefficient (Wildman–Crippen LogP) is 6.90. The fraction of sp³-hybridized carbons (Fsp3) is 0.0645. The number of non-ortho nitro benzene ring substituents is 1. The molecule has 0 aliphatic carbocycles. The van der Waals surface area contributed by atoms with Crippen molar-refractivity contribution in [1.82, 2.24) is 9.62 Å². The summed E-state index contributed by atoms with van der Waals surface area (Å²) >= 11 is 15.6. The van der Waals surface area contributed by atoms with Crippen LogP contribution in [0.1, 0.15) is 11.1 Å². The Balaban J connectivity index is 1.42. The Morgan fingerprint density at radius 2 is 1.56 bits per heavy atom. The van der Waals surface area contributed by atoms with Crippen LogP contribution >= 0.6 is 51.5 Å². The van der Waals surface area contributed by atoms with E-state index < -0.39 is 48.3 Å². The summed E-state index contributed by atoms with van der Waals surface area (Å²) in [7, 11) is -4.64. The number of hydrogen-bond acceptors (Lipinski definition) is 10. The van der Waals surface area contributed by atoms with E-state index in [9.17, 15) is 38.2 Å². The third-order valence-corrected chi connectivity index (χ3v) is 10.6. The minimum Gasteiger partial charge on any atom is -0.280 e. The number of sulfonamides is 1. The van der Waals surface area contributed by atoms with Gasteiger partial charge in [0.15, 0.2) is 0 Å². The van der Waals surface area contributed by atoms with Crippen molar-refractivity contribution in [3.63, 3.8) is 0 Å². The summed E-state index contributed by atoms with van der Waals surface area (Å²) < 4.78 is 29.1. The molecule has 1 fully saturated rings. The molecule has 12 nitrogen and oxygen atoms in total. The summed E-state index contributed by atoms with van der Waals surface area (Å²) in [5.74, 6) is -1.71. The Labute approximate surface area is 296 Å². The van der Waals surface area contributed by atoms with E-state index in [1.807, 2.05) is 4.72 Å². The van der Waals surface area contributed by atoms with Crippen LogP contribution in [0.25, 0.3) is 17.2 Å². The molecule has 0 spiro atoms. The molecule has 4 aromatic rings. The predicted molar refractivity (Wildman–Crippen MR) is 189 cm³/mol. The molecule has 1 aliphatic rings. The van der Waals surface area contributed by atoms with Crippen molar-refractivity contribution in [2.45, 2.75) is 17.4 Å². The van der Waals surface area contributed by atoms with Crippen molar-refractivity contribution >= 4 is 95.1 Å². The molecule has 1 saturated heterocycles. The lowest BCUT2D eigenvalue weighted by molar-refractivity contribution is -0.385. The zero-order valence-electron chi connectivity index (χ0n) is 24.1. The number of nitro benzene ring substituents is 2. The van der Waals surface area contributed by atoms with Crippen LogP contribution in [0, 0.1) is 20.2 Å². The Morgan fingerprint density at radius 1 is 0.958 bits per heavy atom. The van der Waals surface area contributed by atoms with Crippen LogP contribution in [0.5, 0.6) is 0 Å². The molecule has 0 saturated carbocycles. The number of amides is 2. The maximum Gasteiger partial charge on any atom is 0.289 e. The highest BCUT2D eigenvalue weighted by atomic mass is 79.9. The van der Waals surface area contributed by atoms with Crippen LogP contribution < -0.4 is 4.72 Å². The minimum absolute atomic E-state index is 0.0190. The van der Waals surface area contributed by atoms with Crippen LogP contribution in [-0.4, -0.2) is 45.3 Å².